The molecule has 0 unspecified atom stereocenters. The summed E-state index contributed by atoms with van der Waals surface area (Å²) >= 11 is 0. The van der Waals surface area contributed by atoms with Crippen molar-refractivity contribution in [3.8, 4) is 5.88 Å². The molecule has 0 bridgehead atoms. The van der Waals surface area contributed by atoms with Gasteiger partial charge in [0.05, 0.1) is 6.61 Å². The van der Waals surface area contributed by atoms with Crippen LogP contribution in [0.25, 0.3) is 0 Å². The lowest BCUT2D eigenvalue weighted by molar-refractivity contribution is 0.147. The second kappa shape index (κ2) is 10.7. The Morgan fingerprint density at radius 1 is 1.00 bits per heavy atom. The third-order valence-corrected chi connectivity index (χ3v) is 4.45. The molecule has 0 spiro atoms. The molecule has 0 fully saturated rings. The van der Waals surface area contributed by atoms with E-state index in [1.165, 1.54) is 38.5 Å². The van der Waals surface area contributed by atoms with Crippen LogP contribution in [0.1, 0.15) is 98.1 Å². The molecule has 1 rings (SSSR count). The van der Waals surface area contributed by atoms with E-state index in [4.69, 9.17) is 4.74 Å². The van der Waals surface area contributed by atoms with Crippen LogP contribution in [0.2, 0.25) is 0 Å². The number of ether oxygens (including phenoxy) is 1. The predicted octanol–water partition coefficient (Wildman–Crippen LogP) is 6.39. The Bertz CT molecular complexity index is 449. The lowest BCUT2D eigenvalue weighted by Gasteiger charge is -2.27. The molecule has 1 heterocycles. The first kappa shape index (κ1) is 20.9. The Kier molecular flexibility index (Phi) is 9.31. The predicted molar refractivity (Wildman–Crippen MR) is 103 cm³/mol. The molecule has 0 N–H and O–H groups in total. The maximum absolute atomic E-state index is 6.17. The summed E-state index contributed by atoms with van der Waals surface area (Å²) in [5.74, 6) is 1.90. The van der Waals surface area contributed by atoms with Crippen LogP contribution in [0.3, 0.4) is 0 Å². The van der Waals surface area contributed by atoms with Crippen LogP contribution in [0.5, 0.6) is 5.88 Å². The normalized spacial score (nSPS) is 12.2. The van der Waals surface area contributed by atoms with Crippen LogP contribution < -0.4 is 4.74 Å². The van der Waals surface area contributed by atoms with Crippen LogP contribution in [-0.2, 0) is 0 Å². The average Bonchev–Trinajstić information content (AvgIpc) is 2.52. The number of hydrogen-bond donors (Lipinski definition) is 0. The maximum Gasteiger partial charge on any atom is 0.235 e. The van der Waals surface area contributed by atoms with E-state index in [-0.39, 0.29) is 5.41 Å². The van der Waals surface area contributed by atoms with Gasteiger partial charge in [0.25, 0.3) is 0 Å². The summed E-state index contributed by atoms with van der Waals surface area (Å²) < 4.78 is 6.17. The van der Waals surface area contributed by atoms with Gasteiger partial charge in [0.2, 0.25) is 5.88 Å². The Morgan fingerprint density at radius 3 is 2.12 bits per heavy atom. The molecule has 0 aliphatic carbocycles. The van der Waals surface area contributed by atoms with E-state index < -0.39 is 0 Å². The van der Waals surface area contributed by atoms with Crippen molar-refractivity contribution < 1.29 is 4.74 Å². The van der Waals surface area contributed by atoms with Crippen molar-refractivity contribution in [2.75, 3.05) is 6.61 Å². The van der Waals surface area contributed by atoms with Crippen molar-refractivity contribution in [1.82, 2.24) is 9.97 Å². The Balaban J connectivity index is 2.84. The van der Waals surface area contributed by atoms with E-state index in [1.807, 2.05) is 6.20 Å². The Labute approximate surface area is 149 Å². The highest BCUT2D eigenvalue weighted by Gasteiger charge is 2.23. The zero-order valence-electron chi connectivity index (χ0n) is 16.8. The van der Waals surface area contributed by atoms with Gasteiger partial charge in [0.15, 0.2) is 0 Å². The SMILES string of the molecule is CCCCC(CCCC)c1nccnc1OCC(C)(C)CC(C)C. The van der Waals surface area contributed by atoms with Crippen molar-refractivity contribution in [3.05, 3.63) is 18.1 Å². The van der Waals surface area contributed by atoms with Gasteiger partial charge in [-0.05, 0) is 30.6 Å². The number of nitrogens with zero attached hydrogens (tertiary/aromatic N) is 2. The maximum atomic E-state index is 6.17. The number of aromatic nitrogens is 2. The van der Waals surface area contributed by atoms with E-state index >= 15 is 0 Å². The van der Waals surface area contributed by atoms with Gasteiger partial charge in [-0.2, -0.15) is 0 Å². The van der Waals surface area contributed by atoms with Crippen molar-refractivity contribution in [1.29, 1.82) is 0 Å². The smallest absolute Gasteiger partial charge is 0.235 e. The fourth-order valence-electron chi connectivity index (χ4n) is 3.47. The summed E-state index contributed by atoms with van der Waals surface area (Å²) in [7, 11) is 0. The van der Waals surface area contributed by atoms with Gasteiger partial charge in [-0.1, -0.05) is 67.2 Å². The largest absolute Gasteiger partial charge is 0.476 e. The number of unbranched alkanes of at least 4 members (excludes halogenated alkanes) is 2. The third kappa shape index (κ3) is 7.63. The van der Waals surface area contributed by atoms with Gasteiger partial charge in [-0.15, -0.1) is 0 Å². The molecule has 0 atom stereocenters. The Morgan fingerprint density at radius 2 is 1.58 bits per heavy atom. The molecule has 138 valence electrons. The molecule has 0 radical (unpaired) electrons. The second-order valence-electron chi connectivity index (χ2n) is 8.28. The van der Waals surface area contributed by atoms with E-state index in [9.17, 15) is 0 Å². The van der Waals surface area contributed by atoms with Gasteiger partial charge in [-0.3, -0.25) is 4.98 Å². The highest BCUT2D eigenvalue weighted by Crippen LogP contribution is 2.33. The lowest BCUT2D eigenvalue weighted by Crippen LogP contribution is -2.24. The molecular weight excluding hydrogens is 296 g/mol. The molecule has 1 aromatic rings. The van der Waals surface area contributed by atoms with Crippen LogP contribution >= 0.6 is 0 Å². The first-order valence-corrected chi connectivity index (χ1v) is 9.83. The molecule has 0 aliphatic heterocycles. The molecular formula is C21H38N2O. The third-order valence-electron chi connectivity index (χ3n) is 4.45. The minimum atomic E-state index is 0.158. The fourth-order valence-corrected chi connectivity index (χ4v) is 3.47. The summed E-state index contributed by atoms with van der Waals surface area (Å²) in [6, 6.07) is 0. The van der Waals surface area contributed by atoms with Gasteiger partial charge in [0.1, 0.15) is 5.69 Å². The van der Waals surface area contributed by atoms with E-state index in [2.05, 4.69) is 51.5 Å². The number of hydrogen-bond acceptors (Lipinski definition) is 3. The molecule has 0 aliphatic rings. The lowest BCUT2D eigenvalue weighted by atomic mass is 9.85. The molecule has 3 nitrogen and oxygen atoms in total. The molecule has 0 saturated heterocycles. The molecule has 3 heteroatoms. The first-order chi connectivity index (χ1) is 11.4. The first-order valence-electron chi connectivity index (χ1n) is 9.83. The zero-order chi connectivity index (χ0) is 18.0. The quantitative estimate of drug-likeness (QED) is 0.444. The van der Waals surface area contributed by atoms with Crippen molar-refractivity contribution >= 4 is 0 Å². The fraction of sp³-hybridized carbons (Fsp3) is 0.810. The molecule has 24 heavy (non-hydrogen) atoms. The monoisotopic (exact) mass is 334 g/mol. The minimum Gasteiger partial charge on any atom is -0.476 e. The second-order valence-corrected chi connectivity index (χ2v) is 8.28. The van der Waals surface area contributed by atoms with Crippen LogP contribution in [0, 0.1) is 11.3 Å². The summed E-state index contributed by atoms with van der Waals surface area (Å²) in [4.78, 5) is 9.17. The van der Waals surface area contributed by atoms with Gasteiger partial charge in [-0.25, -0.2) is 4.98 Å². The summed E-state index contributed by atoms with van der Waals surface area (Å²) in [6.45, 7) is 14.3. The van der Waals surface area contributed by atoms with Crippen LogP contribution in [0.15, 0.2) is 12.4 Å². The summed E-state index contributed by atoms with van der Waals surface area (Å²) in [6.07, 6.45) is 12.0. The zero-order valence-corrected chi connectivity index (χ0v) is 16.8. The van der Waals surface area contributed by atoms with Gasteiger partial charge >= 0.3 is 0 Å². The highest BCUT2D eigenvalue weighted by atomic mass is 16.5. The topological polar surface area (TPSA) is 35.0 Å². The average molecular weight is 335 g/mol. The van der Waals surface area contributed by atoms with Crippen molar-refractivity contribution in [2.45, 2.75) is 92.4 Å². The molecule has 0 aromatic carbocycles. The van der Waals surface area contributed by atoms with Crippen molar-refractivity contribution in [3.63, 3.8) is 0 Å². The Hall–Kier alpha value is -1.12. The highest BCUT2D eigenvalue weighted by molar-refractivity contribution is 5.22. The molecule has 0 amide bonds. The van der Waals surface area contributed by atoms with Gasteiger partial charge in [0, 0.05) is 18.3 Å². The van der Waals surface area contributed by atoms with E-state index in [0.717, 1.165) is 18.0 Å². The van der Waals surface area contributed by atoms with Crippen LogP contribution in [-0.4, -0.2) is 16.6 Å². The van der Waals surface area contributed by atoms with Crippen LogP contribution in [0.4, 0.5) is 0 Å². The molecule has 1 aromatic heterocycles. The standard InChI is InChI=1S/C21H38N2O/c1-7-9-11-18(12-10-8-2)19-20(23-14-13-22-19)24-16-21(5,6)15-17(3)4/h13-14,17-18H,7-12,15-16H2,1-6H3. The van der Waals surface area contributed by atoms with Gasteiger partial charge < -0.3 is 4.74 Å². The van der Waals surface area contributed by atoms with Crippen molar-refractivity contribution in [2.24, 2.45) is 11.3 Å². The summed E-state index contributed by atoms with van der Waals surface area (Å²) in [5.41, 5.74) is 1.23. The molecule has 0 saturated carbocycles. The minimum absolute atomic E-state index is 0.158. The number of rotatable bonds is 12. The van der Waals surface area contributed by atoms with E-state index in [1.54, 1.807) is 6.20 Å². The summed E-state index contributed by atoms with van der Waals surface area (Å²) in [5, 5.41) is 0. The van der Waals surface area contributed by atoms with E-state index in [0.29, 0.717) is 18.4 Å².